The van der Waals surface area contributed by atoms with Crippen LogP contribution >= 0.6 is 0 Å². The van der Waals surface area contributed by atoms with Crippen molar-refractivity contribution in [2.75, 3.05) is 72.7 Å². The van der Waals surface area contributed by atoms with Crippen LogP contribution in [0.15, 0.2) is 24.4 Å². The predicted octanol–water partition coefficient (Wildman–Crippen LogP) is 1.72. The number of hydrogen-bond acceptors (Lipinski definition) is 6. The fourth-order valence-electron chi connectivity index (χ4n) is 4.69. The molecule has 2 aromatic rings. The zero-order valence-corrected chi connectivity index (χ0v) is 19.2. The first-order chi connectivity index (χ1) is 15.6. The summed E-state index contributed by atoms with van der Waals surface area (Å²) >= 11 is 0. The molecule has 174 valence electrons. The van der Waals surface area contributed by atoms with Gasteiger partial charge in [-0.05, 0) is 26.0 Å². The third-order valence-electron chi connectivity index (χ3n) is 6.52. The van der Waals surface area contributed by atoms with Crippen molar-refractivity contribution in [3.63, 3.8) is 0 Å². The fraction of sp³-hybridized carbons (Fsp3) is 0.583. The number of aromatic nitrogens is 1. The molecule has 2 saturated heterocycles. The van der Waals surface area contributed by atoms with Crippen molar-refractivity contribution in [3.8, 4) is 5.75 Å². The maximum absolute atomic E-state index is 12.5. The monoisotopic (exact) mass is 442 g/mol. The standard InChI is InChI=1S/C24H34N4O4/c1-19(29)21-17-28(24-20(21)5-3-6-22(24)31-2)8-4-7-25-9-11-26(12-10-25)18-23(30)27-13-15-32-16-14-27/h3,5-6,17H,4,7-16,18H2,1-2H3. The normalized spacial score (nSPS) is 18.2. The summed E-state index contributed by atoms with van der Waals surface area (Å²) in [6.45, 7) is 10.5. The Labute approximate surface area is 189 Å². The molecule has 2 fully saturated rings. The minimum Gasteiger partial charge on any atom is -0.495 e. The Kier molecular flexibility index (Phi) is 7.44. The number of aryl methyl sites for hydroxylation is 1. The molecule has 2 aliphatic heterocycles. The first-order valence-electron chi connectivity index (χ1n) is 11.5. The summed E-state index contributed by atoms with van der Waals surface area (Å²) in [5, 5.41) is 0.954. The number of hydrogen-bond donors (Lipinski definition) is 0. The van der Waals surface area contributed by atoms with E-state index in [-0.39, 0.29) is 11.7 Å². The van der Waals surface area contributed by atoms with Crippen LogP contribution in [0.25, 0.3) is 10.9 Å². The molecule has 4 rings (SSSR count). The van der Waals surface area contributed by atoms with Gasteiger partial charge in [0.25, 0.3) is 0 Å². The van der Waals surface area contributed by atoms with E-state index in [0.717, 1.165) is 67.9 Å². The van der Waals surface area contributed by atoms with E-state index >= 15 is 0 Å². The zero-order valence-electron chi connectivity index (χ0n) is 19.2. The van der Waals surface area contributed by atoms with Crippen LogP contribution in [0.4, 0.5) is 0 Å². The lowest BCUT2D eigenvalue weighted by Crippen LogP contribution is -2.51. The fourth-order valence-corrected chi connectivity index (χ4v) is 4.69. The largest absolute Gasteiger partial charge is 0.495 e. The molecule has 8 heteroatoms. The minimum absolute atomic E-state index is 0.0738. The van der Waals surface area contributed by atoms with Crippen molar-refractivity contribution < 1.29 is 19.1 Å². The van der Waals surface area contributed by atoms with Crippen LogP contribution < -0.4 is 4.74 Å². The molecule has 0 bridgehead atoms. The molecule has 0 radical (unpaired) electrons. The van der Waals surface area contributed by atoms with Gasteiger partial charge in [-0.1, -0.05) is 12.1 Å². The van der Waals surface area contributed by atoms with Gasteiger partial charge in [-0.25, -0.2) is 0 Å². The second-order valence-electron chi connectivity index (χ2n) is 8.61. The molecule has 3 heterocycles. The number of carbonyl (C=O) groups is 2. The summed E-state index contributed by atoms with van der Waals surface area (Å²) < 4.78 is 13.0. The Hall–Kier alpha value is -2.42. The van der Waals surface area contributed by atoms with Crippen molar-refractivity contribution >= 4 is 22.6 Å². The molecule has 32 heavy (non-hydrogen) atoms. The summed E-state index contributed by atoms with van der Waals surface area (Å²) in [5.41, 5.74) is 1.74. The Balaban J connectivity index is 1.27. The van der Waals surface area contributed by atoms with Crippen LogP contribution in [0, 0.1) is 0 Å². The van der Waals surface area contributed by atoms with Crippen molar-refractivity contribution in [1.82, 2.24) is 19.3 Å². The topological polar surface area (TPSA) is 67.2 Å². The molecule has 0 aliphatic carbocycles. The van der Waals surface area contributed by atoms with E-state index in [4.69, 9.17) is 9.47 Å². The molecule has 0 unspecified atom stereocenters. The average molecular weight is 443 g/mol. The lowest BCUT2D eigenvalue weighted by molar-refractivity contribution is -0.136. The Morgan fingerprint density at radius 3 is 2.41 bits per heavy atom. The molecule has 0 atom stereocenters. The molecule has 0 N–H and O–H groups in total. The van der Waals surface area contributed by atoms with E-state index in [9.17, 15) is 9.59 Å². The Morgan fingerprint density at radius 2 is 1.72 bits per heavy atom. The maximum Gasteiger partial charge on any atom is 0.236 e. The summed E-state index contributed by atoms with van der Waals surface area (Å²) in [6.07, 6.45) is 2.95. The van der Waals surface area contributed by atoms with Crippen LogP contribution in [0.3, 0.4) is 0 Å². The highest BCUT2D eigenvalue weighted by atomic mass is 16.5. The molecule has 0 spiro atoms. The smallest absolute Gasteiger partial charge is 0.236 e. The first kappa shape index (κ1) is 22.8. The van der Waals surface area contributed by atoms with Crippen LogP contribution in [0.5, 0.6) is 5.75 Å². The molecule has 1 aromatic heterocycles. The van der Waals surface area contributed by atoms with Crippen molar-refractivity contribution in [1.29, 1.82) is 0 Å². The van der Waals surface area contributed by atoms with E-state index < -0.39 is 0 Å². The minimum atomic E-state index is 0.0738. The van der Waals surface area contributed by atoms with Gasteiger partial charge in [0.2, 0.25) is 5.91 Å². The number of ketones is 1. The third kappa shape index (κ3) is 5.14. The van der Waals surface area contributed by atoms with E-state index in [1.54, 1.807) is 14.0 Å². The third-order valence-corrected chi connectivity index (χ3v) is 6.52. The van der Waals surface area contributed by atoms with Crippen molar-refractivity contribution in [2.45, 2.75) is 19.9 Å². The molecule has 2 aliphatic rings. The molecule has 0 saturated carbocycles. The lowest BCUT2D eigenvalue weighted by atomic mass is 10.1. The van der Waals surface area contributed by atoms with Crippen LogP contribution in [-0.4, -0.2) is 104 Å². The van der Waals surface area contributed by atoms with Gasteiger partial charge in [0.1, 0.15) is 5.75 Å². The lowest BCUT2D eigenvalue weighted by Gasteiger charge is -2.36. The Morgan fingerprint density at radius 1 is 1.00 bits per heavy atom. The highest BCUT2D eigenvalue weighted by molar-refractivity contribution is 6.08. The molecule has 1 aromatic carbocycles. The molecule has 1 amide bonds. The number of Topliss-reactive ketones (excluding diaryl/α,β-unsaturated/α-hetero) is 1. The molecular formula is C24H34N4O4. The summed E-state index contributed by atoms with van der Waals surface area (Å²) in [4.78, 5) is 31.2. The number of fused-ring (bicyclic) bond motifs is 1. The zero-order chi connectivity index (χ0) is 22.5. The maximum atomic E-state index is 12.5. The number of carbonyl (C=O) groups excluding carboxylic acids is 2. The second kappa shape index (κ2) is 10.5. The van der Waals surface area contributed by atoms with Crippen molar-refractivity contribution in [2.24, 2.45) is 0 Å². The van der Waals surface area contributed by atoms with Gasteiger partial charge in [0.15, 0.2) is 5.78 Å². The first-order valence-corrected chi connectivity index (χ1v) is 11.5. The Bertz CT molecular complexity index is 943. The molecule has 8 nitrogen and oxygen atoms in total. The predicted molar refractivity (Wildman–Crippen MR) is 123 cm³/mol. The van der Waals surface area contributed by atoms with Gasteiger partial charge in [-0.15, -0.1) is 0 Å². The van der Waals surface area contributed by atoms with Gasteiger partial charge < -0.3 is 23.8 Å². The number of amides is 1. The highest BCUT2D eigenvalue weighted by Crippen LogP contribution is 2.30. The molecular weight excluding hydrogens is 408 g/mol. The van der Waals surface area contributed by atoms with Gasteiger partial charge >= 0.3 is 0 Å². The van der Waals surface area contributed by atoms with Gasteiger partial charge in [0, 0.05) is 63.0 Å². The summed E-state index contributed by atoms with van der Waals surface area (Å²) in [5.74, 6) is 1.09. The number of para-hydroxylation sites is 1. The number of methoxy groups -OCH3 is 1. The number of morpholine rings is 1. The van der Waals surface area contributed by atoms with E-state index in [1.165, 1.54) is 0 Å². The van der Waals surface area contributed by atoms with Gasteiger partial charge in [-0.2, -0.15) is 0 Å². The van der Waals surface area contributed by atoms with Crippen LogP contribution in [0.2, 0.25) is 0 Å². The highest BCUT2D eigenvalue weighted by Gasteiger charge is 2.23. The number of benzene rings is 1. The van der Waals surface area contributed by atoms with E-state index in [1.807, 2.05) is 29.3 Å². The number of nitrogens with zero attached hydrogens (tertiary/aromatic N) is 4. The summed E-state index contributed by atoms with van der Waals surface area (Å²) in [7, 11) is 1.67. The van der Waals surface area contributed by atoms with Crippen LogP contribution in [-0.2, 0) is 16.1 Å². The second-order valence-corrected chi connectivity index (χ2v) is 8.61. The van der Waals surface area contributed by atoms with Crippen LogP contribution in [0.1, 0.15) is 23.7 Å². The SMILES string of the molecule is COc1cccc2c(C(C)=O)cn(CCCN3CCN(CC(=O)N4CCOCC4)CC3)c12. The van der Waals surface area contributed by atoms with Gasteiger partial charge in [-0.3, -0.25) is 14.5 Å². The van der Waals surface area contributed by atoms with E-state index in [0.29, 0.717) is 32.8 Å². The average Bonchev–Trinajstić information content (AvgIpc) is 3.20. The number of ether oxygens (including phenoxy) is 2. The number of rotatable bonds is 8. The van der Waals surface area contributed by atoms with Crippen molar-refractivity contribution in [3.05, 3.63) is 30.0 Å². The number of piperazine rings is 1. The summed E-state index contributed by atoms with van der Waals surface area (Å²) in [6, 6.07) is 5.87. The van der Waals surface area contributed by atoms with E-state index in [2.05, 4.69) is 14.4 Å². The quantitative estimate of drug-likeness (QED) is 0.580. The van der Waals surface area contributed by atoms with Gasteiger partial charge in [0.05, 0.1) is 32.4 Å².